The maximum Gasteiger partial charge on any atom is 0.227 e. The third kappa shape index (κ3) is 3.08. The van der Waals surface area contributed by atoms with Crippen molar-refractivity contribution in [2.24, 2.45) is 5.92 Å². The maximum atomic E-state index is 9.16. The smallest absolute Gasteiger partial charge is 0.227 e. The average molecular weight is 200 g/mol. The molecule has 0 aliphatic rings. The van der Waals surface area contributed by atoms with Crippen LogP contribution in [0.1, 0.15) is 31.7 Å². The molecule has 0 saturated carbocycles. The van der Waals surface area contributed by atoms with Crippen LogP contribution in [0, 0.1) is 5.92 Å². The predicted octanol–water partition coefficient (Wildman–Crippen LogP) is 0.948. The molecule has 0 fully saturated rings. The average Bonchev–Trinajstić information content (AvgIpc) is 2.53. The van der Waals surface area contributed by atoms with E-state index in [4.69, 9.17) is 14.4 Å². The van der Waals surface area contributed by atoms with Crippen LogP contribution in [0.4, 0.5) is 0 Å². The van der Waals surface area contributed by atoms with E-state index in [9.17, 15) is 0 Å². The summed E-state index contributed by atoms with van der Waals surface area (Å²) in [4.78, 5) is 4.05. The van der Waals surface area contributed by atoms with Gasteiger partial charge in [0.25, 0.3) is 0 Å². The first-order valence-electron chi connectivity index (χ1n) is 4.63. The molecule has 2 unspecified atom stereocenters. The molecule has 5 nitrogen and oxygen atoms in total. The van der Waals surface area contributed by atoms with Crippen LogP contribution >= 0.6 is 0 Å². The molecule has 5 heteroatoms. The molecule has 1 rings (SSSR count). The maximum absolute atomic E-state index is 9.16. The summed E-state index contributed by atoms with van der Waals surface area (Å²) >= 11 is 0. The second-order valence-electron chi connectivity index (χ2n) is 3.49. The van der Waals surface area contributed by atoms with E-state index in [0.717, 1.165) is 0 Å². The summed E-state index contributed by atoms with van der Waals surface area (Å²) in [6, 6.07) is 0. The van der Waals surface area contributed by atoms with Crippen LogP contribution in [-0.2, 0) is 11.2 Å². The molecule has 1 N–H and O–H groups in total. The number of rotatable bonds is 5. The number of hydrogen-bond donors (Lipinski definition) is 1. The molecule has 1 heterocycles. The highest BCUT2D eigenvalue weighted by molar-refractivity contribution is 4.89. The van der Waals surface area contributed by atoms with Gasteiger partial charge in [-0.15, -0.1) is 0 Å². The predicted molar refractivity (Wildman–Crippen MR) is 49.7 cm³/mol. The standard InChI is InChI=1S/C9H16N2O3/c1-6(5-13-3)4-8-10-9(7(2)12)11-14-8/h6-7,12H,4-5H2,1-3H3. The Balaban J connectivity index is 2.51. The van der Waals surface area contributed by atoms with Gasteiger partial charge >= 0.3 is 0 Å². The van der Waals surface area contributed by atoms with Gasteiger partial charge in [0.2, 0.25) is 5.89 Å². The Kier molecular flexibility index (Phi) is 4.03. The van der Waals surface area contributed by atoms with Crippen molar-refractivity contribution in [2.45, 2.75) is 26.4 Å². The van der Waals surface area contributed by atoms with E-state index >= 15 is 0 Å². The summed E-state index contributed by atoms with van der Waals surface area (Å²) in [6.07, 6.45) is -0.00155. The first-order valence-corrected chi connectivity index (χ1v) is 4.63. The Morgan fingerprint density at radius 2 is 2.21 bits per heavy atom. The summed E-state index contributed by atoms with van der Waals surface area (Å²) in [5, 5.41) is 12.8. The largest absolute Gasteiger partial charge is 0.385 e. The molecule has 0 aliphatic carbocycles. The van der Waals surface area contributed by atoms with Crippen LogP contribution in [0.25, 0.3) is 0 Å². The van der Waals surface area contributed by atoms with Crippen molar-refractivity contribution in [3.8, 4) is 0 Å². The number of methoxy groups -OCH3 is 1. The van der Waals surface area contributed by atoms with Gasteiger partial charge in [0.15, 0.2) is 5.82 Å². The number of aliphatic hydroxyl groups is 1. The molecule has 0 bridgehead atoms. The normalized spacial score (nSPS) is 15.4. The van der Waals surface area contributed by atoms with Gasteiger partial charge in [-0.05, 0) is 12.8 Å². The first-order chi connectivity index (χ1) is 6.63. The number of hydrogen-bond acceptors (Lipinski definition) is 5. The van der Waals surface area contributed by atoms with Gasteiger partial charge in [-0.3, -0.25) is 0 Å². The lowest BCUT2D eigenvalue weighted by Gasteiger charge is -2.05. The third-order valence-corrected chi connectivity index (χ3v) is 1.83. The molecule has 2 atom stereocenters. The summed E-state index contributed by atoms with van der Waals surface area (Å²) in [7, 11) is 1.66. The number of nitrogens with zero attached hydrogens (tertiary/aromatic N) is 2. The van der Waals surface area contributed by atoms with E-state index < -0.39 is 6.10 Å². The van der Waals surface area contributed by atoms with E-state index in [1.54, 1.807) is 14.0 Å². The van der Waals surface area contributed by atoms with Gasteiger partial charge in [0.05, 0.1) is 0 Å². The molecular weight excluding hydrogens is 184 g/mol. The van der Waals surface area contributed by atoms with Crippen LogP contribution in [0.5, 0.6) is 0 Å². The summed E-state index contributed by atoms with van der Waals surface area (Å²) in [6.45, 7) is 4.30. The molecule has 0 radical (unpaired) electrons. The lowest BCUT2D eigenvalue weighted by atomic mass is 10.1. The molecular formula is C9H16N2O3. The zero-order valence-corrected chi connectivity index (χ0v) is 8.73. The second kappa shape index (κ2) is 5.07. The van der Waals surface area contributed by atoms with Crippen molar-refractivity contribution in [2.75, 3.05) is 13.7 Å². The fraction of sp³-hybridized carbons (Fsp3) is 0.778. The van der Waals surface area contributed by atoms with E-state index in [2.05, 4.69) is 10.1 Å². The zero-order valence-electron chi connectivity index (χ0n) is 8.73. The molecule has 1 aromatic heterocycles. The highest BCUT2D eigenvalue weighted by Gasteiger charge is 2.13. The van der Waals surface area contributed by atoms with Crippen LogP contribution in [0.3, 0.4) is 0 Å². The highest BCUT2D eigenvalue weighted by Crippen LogP contribution is 2.10. The highest BCUT2D eigenvalue weighted by atomic mass is 16.5. The zero-order chi connectivity index (χ0) is 10.6. The Morgan fingerprint density at radius 1 is 1.50 bits per heavy atom. The quantitative estimate of drug-likeness (QED) is 0.766. The second-order valence-corrected chi connectivity index (χ2v) is 3.49. The number of aromatic nitrogens is 2. The van der Waals surface area contributed by atoms with Crippen LogP contribution in [0.2, 0.25) is 0 Å². The molecule has 14 heavy (non-hydrogen) atoms. The summed E-state index contributed by atoms with van der Waals surface area (Å²) in [5.41, 5.74) is 0. The van der Waals surface area contributed by atoms with E-state index in [1.807, 2.05) is 6.92 Å². The Morgan fingerprint density at radius 3 is 2.71 bits per heavy atom. The van der Waals surface area contributed by atoms with Gasteiger partial charge in [0.1, 0.15) is 6.10 Å². The van der Waals surface area contributed by atoms with Gasteiger partial charge in [-0.25, -0.2) is 0 Å². The Bertz CT molecular complexity index is 273. The Hall–Kier alpha value is -0.940. The first kappa shape index (κ1) is 11.1. The van der Waals surface area contributed by atoms with E-state index in [1.165, 1.54) is 0 Å². The minimum atomic E-state index is -0.676. The van der Waals surface area contributed by atoms with Crippen molar-refractivity contribution in [3.05, 3.63) is 11.7 Å². The van der Waals surface area contributed by atoms with E-state index in [0.29, 0.717) is 30.7 Å². The van der Waals surface area contributed by atoms with Gasteiger partial charge in [-0.2, -0.15) is 4.98 Å². The monoisotopic (exact) mass is 200 g/mol. The number of ether oxygens (including phenoxy) is 1. The van der Waals surface area contributed by atoms with Gasteiger partial charge < -0.3 is 14.4 Å². The van der Waals surface area contributed by atoms with Crippen LogP contribution < -0.4 is 0 Å². The van der Waals surface area contributed by atoms with Crippen molar-refractivity contribution in [1.82, 2.24) is 10.1 Å². The van der Waals surface area contributed by atoms with E-state index in [-0.39, 0.29) is 0 Å². The van der Waals surface area contributed by atoms with Gasteiger partial charge in [0, 0.05) is 20.1 Å². The Labute approximate surface area is 83.1 Å². The molecule has 80 valence electrons. The SMILES string of the molecule is COCC(C)Cc1nc(C(C)O)no1. The van der Waals surface area contributed by atoms with Crippen molar-refractivity contribution >= 4 is 0 Å². The lowest BCUT2D eigenvalue weighted by Crippen LogP contribution is -2.07. The molecule has 0 aliphatic heterocycles. The molecule has 1 aromatic rings. The fourth-order valence-corrected chi connectivity index (χ4v) is 1.16. The number of aliphatic hydroxyl groups excluding tert-OH is 1. The van der Waals surface area contributed by atoms with Gasteiger partial charge in [-0.1, -0.05) is 12.1 Å². The van der Waals surface area contributed by atoms with Crippen molar-refractivity contribution < 1.29 is 14.4 Å². The minimum Gasteiger partial charge on any atom is -0.385 e. The third-order valence-electron chi connectivity index (χ3n) is 1.83. The van der Waals surface area contributed by atoms with Crippen molar-refractivity contribution in [3.63, 3.8) is 0 Å². The molecule has 0 spiro atoms. The van der Waals surface area contributed by atoms with Crippen molar-refractivity contribution in [1.29, 1.82) is 0 Å². The molecule has 0 saturated heterocycles. The minimum absolute atomic E-state index is 0.335. The summed E-state index contributed by atoms with van der Waals surface area (Å²) < 4.78 is 9.96. The lowest BCUT2D eigenvalue weighted by molar-refractivity contribution is 0.154. The van der Waals surface area contributed by atoms with Crippen LogP contribution in [-0.4, -0.2) is 29.0 Å². The topological polar surface area (TPSA) is 68.4 Å². The van der Waals surface area contributed by atoms with Crippen LogP contribution in [0.15, 0.2) is 4.52 Å². The fourth-order valence-electron chi connectivity index (χ4n) is 1.16. The summed E-state index contributed by atoms with van der Waals surface area (Å²) in [5.74, 6) is 1.22. The molecule has 0 aromatic carbocycles. The molecule has 0 amide bonds.